The Balaban J connectivity index is 1.36. The molecule has 0 spiro atoms. The number of anilines is 1. The number of aryl methyl sites for hydroxylation is 1. The molecular formula is C24H30N6O8S2. The van der Waals surface area contributed by atoms with E-state index < -0.39 is 33.5 Å². The number of β-lactam (4-membered cyclic amide) rings is 1. The van der Waals surface area contributed by atoms with E-state index in [1.807, 2.05) is 18.2 Å². The Hall–Kier alpha value is -3.60. The van der Waals surface area contributed by atoms with Crippen LogP contribution in [0.15, 0.2) is 28.7 Å². The Morgan fingerprint density at radius 2 is 2.08 bits per heavy atom. The van der Waals surface area contributed by atoms with E-state index in [1.54, 1.807) is 0 Å². The monoisotopic (exact) mass is 594 g/mol. The number of nitrogens with two attached hydrogens (primary N) is 2. The summed E-state index contributed by atoms with van der Waals surface area (Å²) >= 11 is 1.09. The number of fused-ring (bicyclic) bond motifs is 1. The van der Waals surface area contributed by atoms with Crippen LogP contribution in [0.25, 0.3) is 0 Å². The number of nitrogen functional groups attached to an aromatic ring is 1. The molecule has 1 amide bonds. The maximum absolute atomic E-state index is 13.1. The molecule has 6 N–H and O–H groups in total. The van der Waals surface area contributed by atoms with Crippen LogP contribution in [0.4, 0.5) is 5.13 Å². The molecule has 16 heteroatoms. The summed E-state index contributed by atoms with van der Waals surface area (Å²) in [5.41, 5.74) is 12.5. The van der Waals surface area contributed by atoms with Crippen molar-refractivity contribution in [3.63, 3.8) is 0 Å². The molecule has 2 heterocycles. The van der Waals surface area contributed by atoms with Crippen LogP contribution in [0.2, 0.25) is 0 Å². The van der Waals surface area contributed by atoms with Gasteiger partial charge in [0.1, 0.15) is 18.1 Å². The molecule has 1 aromatic heterocycles. The van der Waals surface area contributed by atoms with Crippen molar-refractivity contribution in [3.8, 4) is 5.75 Å². The lowest BCUT2D eigenvalue weighted by atomic mass is 9.74. The van der Waals surface area contributed by atoms with Gasteiger partial charge in [0, 0.05) is 17.7 Å². The van der Waals surface area contributed by atoms with Crippen molar-refractivity contribution in [3.05, 3.63) is 40.4 Å². The third-order valence-electron chi connectivity index (χ3n) is 6.91. The van der Waals surface area contributed by atoms with Gasteiger partial charge in [-0.05, 0) is 56.4 Å². The van der Waals surface area contributed by atoms with E-state index in [9.17, 15) is 18.0 Å². The highest BCUT2D eigenvalue weighted by atomic mass is 32.3. The molecule has 216 valence electrons. The van der Waals surface area contributed by atoms with Crippen molar-refractivity contribution >= 4 is 50.1 Å². The van der Waals surface area contributed by atoms with Gasteiger partial charge in [0.05, 0.1) is 17.3 Å². The predicted octanol–water partition coefficient (Wildman–Crippen LogP) is 1.50. The Labute approximate surface area is 234 Å². The molecule has 14 nitrogen and oxygen atoms in total. The molecule has 0 bridgehead atoms. The molecule has 1 saturated heterocycles. The number of ketones is 1. The zero-order valence-corrected chi connectivity index (χ0v) is 23.5. The molecule has 1 aliphatic heterocycles. The summed E-state index contributed by atoms with van der Waals surface area (Å²) in [5.74, 6) is -1.39. The maximum Gasteiger partial charge on any atom is 0.418 e. The summed E-state index contributed by atoms with van der Waals surface area (Å²) in [6, 6.07) is 5.76. The molecule has 0 saturated carbocycles. The number of carbonyl (C=O) groups is 2. The lowest BCUT2D eigenvalue weighted by Gasteiger charge is -2.50. The van der Waals surface area contributed by atoms with E-state index in [1.165, 1.54) is 19.2 Å². The van der Waals surface area contributed by atoms with Crippen molar-refractivity contribution in [2.75, 3.05) is 18.9 Å². The van der Waals surface area contributed by atoms with Crippen LogP contribution in [0, 0.1) is 17.2 Å². The number of nitrogens with one attached hydrogen (secondary N) is 1. The van der Waals surface area contributed by atoms with Crippen LogP contribution in [0.1, 0.15) is 43.5 Å². The highest BCUT2D eigenvalue weighted by molar-refractivity contribution is 7.80. The number of hydrogen-bond donors (Lipinski definition) is 4. The van der Waals surface area contributed by atoms with Gasteiger partial charge >= 0.3 is 10.4 Å². The van der Waals surface area contributed by atoms with Gasteiger partial charge in [0.2, 0.25) is 0 Å². The van der Waals surface area contributed by atoms with Crippen LogP contribution in [-0.4, -0.2) is 65.0 Å². The molecule has 4 rings (SSSR count). The number of amides is 1. The predicted molar refractivity (Wildman–Crippen MR) is 145 cm³/mol. The first-order chi connectivity index (χ1) is 18.8. The molecule has 1 aromatic carbocycles. The van der Waals surface area contributed by atoms with Gasteiger partial charge in [0.15, 0.2) is 23.2 Å². The first-order valence-corrected chi connectivity index (χ1v) is 14.5. The van der Waals surface area contributed by atoms with Crippen molar-refractivity contribution in [2.24, 2.45) is 22.7 Å². The number of oxime groups is 1. The molecule has 2 aliphatic rings. The van der Waals surface area contributed by atoms with E-state index in [0.717, 1.165) is 41.7 Å². The zero-order chi connectivity index (χ0) is 29.2. The second-order valence-electron chi connectivity index (χ2n) is 9.99. The third-order valence-corrected chi connectivity index (χ3v) is 7.92. The van der Waals surface area contributed by atoms with E-state index in [4.69, 9.17) is 31.0 Å². The summed E-state index contributed by atoms with van der Waals surface area (Å²) in [6.07, 6.45) is 2.01. The summed E-state index contributed by atoms with van der Waals surface area (Å²) in [5, 5.41) is 13.9. The molecular weight excluding hydrogens is 564 g/mol. The summed E-state index contributed by atoms with van der Waals surface area (Å²) in [4.78, 5) is 35.0. The third kappa shape index (κ3) is 6.57. The van der Waals surface area contributed by atoms with Gasteiger partial charge < -0.3 is 21.0 Å². The summed E-state index contributed by atoms with van der Waals surface area (Å²) in [7, 11) is -4.91. The average molecular weight is 595 g/mol. The summed E-state index contributed by atoms with van der Waals surface area (Å²) < 4.78 is 41.1. The SMILES string of the molecule is CC1(C)[C@H](CC(=O)/C(=N\OCCOc2ccc3c(c2)CCC(C(=N)N)C3)c2csc(N)n2)C(=O)N1OS(=O)(=O)O. The van der Waals surface area contributed by atoms with Gasteiger partial charge in [-0.1, -0.05) is 11.2 Å². The summed E-state index contributed by atoms with van der Waals surface area (Å²) in [6.45, 7) is 3.12. The van der Waals surface area contributed by atoms with Gasteiger partial charge in [-0.3, -0.25) is 19.6 Å². The topological polar surface area (TPSA) is 221 Å². The Morgan fingerprint density at radius 3 is 2.70 bits per heavy atom. The van der Waals surface area contributed by atoms with Gasteiger partial charge in [0.25, 0.3) is 5.91 Å². The number of thiazole rings is 1. The number of rotatable bonds is 12. The lowest BCUT2D eigenvalue weighted by Crippen LogP contribution is -2.68. The van der Waals surface area contributed by atoms with Crippen molar-refractivity contribution in [1.82, 2.24) is 10.0 Å². The molecule has 1 aliphatic carbocycles. The van der Waals surface area contributed by atoms with Crippen LogP contribution in [0.5, 0.6) is 5.75 Å². The minimum absolute atomic E-state index is 0.00369. The van der Waals surface area contributed by atoms with Crippen molar-refractivity contribution < 1.29 is 36.4 Å². The largest absolute Gasteiger partial charge is 0.490 e. The highest BCUT2D eigenvalue weighted by Gasteiger charge is 2.57. The second kappa shape index (κ2) is 11.5. The minimum atomic E-state index is -4.91. The average Bonchev–Trinajstić information content (AvgIpc) is 3.32. The van der Waals surface area contributed by atoms with E-state index >= 15 is 0 Å². The number of benzene rings is 1. The Kier molecular flexibility index (Phi) is 8.44. The molecule has 0 radical (unpaired) electrons. The standard InChI is InChI=1S/C24H30N6O8S2/c1-24(2)17(22(32)30(24)38-40(33,34)35)11-19(31)20(18-12-39-23(27)28-18)29-37-8-7-36-16-6-5-13-9-15(21(25)26)4-3-14(13)10-16/h5-6,10,12,15,17H,3-4,7-9,11H2,1-2H3,(H3,25,26)(H2,27,28)(H,33,34,35)/b29-20-/t15?,17-/m1/s1. The number of carbonyl (C=O) groups excluding carboxylic acids is 2. The zero-order valence-electron chi connectivity index (χ0n) is 21.8. The number of Topliss-reactive ketones (excluding diaryl/α,β-unsaturated/α-hetero) is 1. The van der Waals surface area contributed by atoms with Crippen LogP contribution in [-0.2, 0) is 42.0 Å². The normalized spacial score (nSPS) is 20.4. The number of hydrogen-bond acceptors (Lipinski definition) is 12. The van der Waals surface area contributed by atoms with E-state index in [2.05, 4.69) is 14.4 Å². The second-order valence-corrected chi connectivity index (χ2v) is 11.9. The molecule has 2 atom stereocenters. The van der Waals surface area contributed by atoms with Gasteiger partial charge in [-0.2, -0.15) is 13.5 Å². The number of aromatic nitrogens is 1. The lowest BCUT2D eigenvalue weighted by molar-refractivity contribution is -0.228. The first kappa shape index (κ1) is 29.4. The molecule has 40 heavy (non-hydrogen) atoms. The van der Waals surface area contributed by atoms with Crippen LogP contribution < -0.4 is 16.2 Å². The van der Waals surface area contributed by atoms with Gasteiger partial charge in [-0.15, -0.1) is 15.6 Å². The maximum atomic E-state index is 13.1. The van der Waals surface area contributed by atoms with E-state index in [-0.39, 0.29) is 47.9 Å². The Bertz CT molecular complexity index is 1450. The smallest absolute Gasteiger partial charge is 0.418 e. The first-order valence-electron chi connectivity index (χ1n) is 12.3. The molecule has 1 fully saturated rings. The highest BCUT2D eigenvalue weighted by Crippen LogP contribution is 2.40. The minimum Gasteiger partial charge on any atom is -0.490 e. The molecule has 1 unspecified atom stereocenters. The van der Waals surface area contributed by atoms with Crippen molar-refractivity contribution in [2.45, 2.75) is 45.1 Å². The van der Waals surface area contributed by atoms with E-state index in [0.29, 0.717) is 10.8 Å². The number of ether oxygens (including phenoxy) is 1. The fourth-order valence-electron chi connectivity index (χ4n) is 4.68. The number of amidine groups is 1. The van der Waals surface area contributed by atoms with Gasteiger partial charge in [-0.25, -0.2) is 4.98 Å². The molecule has 2 aromatic rings. The number of nitrogens with zero attached hydrogens (tertiary/aromatic N) is 3. The number of hydroxylamine groups is 2. The quantitative estimate of drug-likeness (QED) is 0.0688. The Morgan fingerprint density at radius 1 is 1.32 bits per heavy atom. The van der Waals surface area contributed by atoms with Crippen LogP contribution in [0.3, 0.4) is 0 Å². The fraction of sp³-hybridized carbons (Fsp3) is 0.458. The van der Waals surface area contributed by atoms with Crippen molar-refractivity contribution in [1.29, 1.82) is 5.41 Å². The fourth-order valence-corrected chi connectivity index (χ4v) is 5.68. The van der Waals surface area contributed by atoms with Crippen LogP contribution >= 0.6 is 11.3 Å².